The number of thioether (sulfide) groups is 2. The number of aromatic nitrogens is 2. The van der Waals surface area contributed by atoms with Crippen LogP contribution in [0.2, 0.25) is 0 Å². The van der Waals surface area contributed by atoms with Gasteiger partial charge in [0.2, 0.25) is 0 Å². The van der Waals surface area contributed by atoms with Crippen LogP contribution in [0.4, 0.5) is 5.82 Å². The topological polar surface area (TPSA) is 37.8 Å². The summed E-state index contributed by atoms with van der Waals surface area (Å²) in [5, 5.41) is 5.22. The van der Waals surface area contributed by atoms with E-state index in [1.165, 1.54) is 5.56 Å². The molecule has 0 aliphatic carbocycles. The molecule has 0 aromatic carbocycles. The van der Waals surface area contributed by atoms with Gasteiger partial charge in [-0.05, 0) is 19.8 Å². The van der Waals surface area contributed by atoms with Crippen molar-refractivity contribution >= 4 is 29.3 Å². The fourth-order valence-electron chi connectivity index (χ4n) is 2.66. The van der Waals surface area contributed by atoms with Gasteiger partial charge in [-0.2, -0.15) is 11.8 Å². The van der Waals surface area contributed by atoms with Crippen LogP contribution in [0.15, 0.2) is 0 Å². The van der Waals surface area contributed by atoms with Gasteiger partial charge < -0.3 is 5.32 Å². The molecule has 1 aromatic heterocycles. The van der Waals surface area contributed by atoms with Crippen molar-refractivity contribution in [3.8, 4) is 0 Å². The van der Waals surface area contributed by atoms with Gasteiger partial charge in [0, 0.05) is 34.1 Å². The Balaban J connectivity index is 2.32. The zero-order valence-corrected chi connectivity index (χ0v) is 15.6. The third-order valence-corrected chi connectivity index (χ3v) is 7.30. The Hall–Kier alpha value is -0.420. The van der Waals surface area contributed by atoms with E-state index in [0.717, 1.165) is 34.9 Å². The molecule has 1 N–H and O–H groups in total. The minimum absolute atomic E-state index is 0.415. The molecule has 0 saturated carbocycles. The first-order valence-electron chi connectivity index (χ1n) is 7.83. The molecule has 118 valence electrons. The first-order valence-corrected chi connectivity index (χ1v) is 9.82. The van der Waals surface area contributed by atoms with Gasteiger partial charge in [0.1, 0.15) is 11.6 Å². The second-order valence-electron chi connectivity index (χ2n) is 5.98. The maximum Gasteiger partial charge on any atom is 0.144 e. The first-order chi connectivity index (χ1) is 9.93. The molecule has 21 heavy (non-hydrogen) atoms. The average Bonchev–Trinajstić information content (AvgIpc) is 2.41. The molecule has 0 bridgehead atoms. The number of nitrogens with one attached hydrogen (secondary N) is 1. The highest BCUT2D eigenvalue weighted by atomic mass is 32.2. The van der Waals surface area contributed by atoms with E-state index in [4.69, 9.17) is 9.97 Å². The normalized spacial score (nSPS) is 26.1. The van der Waals surface area contributed by atoms with Crippen LogP contribution in [-0.2, 0) is 0 Å². The van der Waals surface area contributed by atoms with Crippen molar-refractivity contribution in [3.05, 3.63) is 17.1 Å². The van der Waals surface area contributed by atoms with E-state index in [0.29, 0.717) is 16.4 Å². The predicted molar refractivity (Wildman–Crippen MR) is 96.7 cm³/mol. The van der Waals surface area contributed by atoms with E-state index < -0.39 is 0 Å². The maximum absolute atomic E-state index is 4.87. The fraction of sp³-hybridized carbons (Fsp3) is 0.750. The molecule has 3 atom stereocenters. The molecule has 3 nitrogen and oxygen atoms in total. The number of nitrogens with zero attached hydrogens (tertiary/aromatic N) is 2. The molecule has 2 rings (SSSR count). The third kappa shape index (κ3) is 3.86. The molecule has 1 aromatic rings. The Morgan fingerprint density at radius 2 is 1.95 bits per heavy atom. The summed E-state index contributed by atoms with van der Waals surface area (Å²) in [7, 11) is 0. The molecule has 0 radical (unpaired) electrons. The van der Waals surface area contributed by atoms with E-state index >= 15 is 0 Å². The lowest BCUT2D eigenvalue weighted by Gasteiger charge is -2.31. The largest absolute Gasteiger partial charge is 0.370 e. The van der Waals surface area contributed by atoms with Crippen molar-refractivity contribution in [1.82, 2.24) is 9.97 Å². The molecule has 1 fully saturated rings. The van der Waals surface area contributed by atoms with Crippen LogP contribution in [0, 0.1) is 6.92 Å². The Labute approximate surface area is 137 Å². The summed E-state index contributed by atoms with van der Waals surface area (Å²) in [4.78, 5) is 9.71. The zero-order chi connectivity index (χ0) is 15.6. The van der Waals surface area contributed by atoms with Crippen molar-refractivity contribution < 1.29 is 0 Å². The third-order valence-electron chi connectivity index (χ3n) is 3.91. The molecule has 0 spiro atoms. The smallest absolute Gasteiger partial charge is 0.144 e. The molecule has 0 amide bonds. The highest BCUT2D eigenvalue weighted by Crippen LogP contribution is 2.43. The van der Waals surface area contributed by atoms with Gasteiger partial charge in [-0.25, -0.2) is 9.97 Å². The fourth-order valence-corrected chi connectivity index (χ4v) is 5.50. The standard InChI is InChI=1S/C16H27N3S2/c1-7-17-16-14(9(2)3)10(4)18-15(19-16)13-8-20-11(5)12(6)21-13/h9,11-13H,7-8H2,1-6H3,(H,17,18,19). The van der Waals surface area contributed by atoms with Crippen LogP contribution in [-0.4, -0.2) is 32.8 Å². The molecule has 3 unspecified atom stereocenters. The number of rotatable bonds is 4. The van der Waals surface area contributed by atoms with Crippen LogP contribution in [0.3, 0.4) is 0 Å². The SMILES string of the molecule is CCNc1nc(C2CSC(C)C(C)S2)nc(C)c1C(C)C. The lowest BCUT2D eigenvalue weighted by atomic mass is 10.0. The first kappa shape index (κ1) is 16.9. The van der Waals surface area contributed by atoms with Gasteiger partial charge >= 0.3 is 0 Å². The van der Waals surface area contributed by atoms with Crippen molar-refractivity contribution in [2.75, 3.05) is 17.6 Å². The van der Waals surface area contributed by atoms with Gasteiger partial charge in [0.05, 0.1) is 5.25 Å². The van der Waals surface area contributed by atoms with Crippen LogP contribution in [0.5, 0.6) is 0 Å². The number of hydrogen-bond acceptors (Lipinski definition) is 5. The van der Waals surface area contributed by atoms with Gasteiger partial charge in [0.25, 0.3) is 0 Å². The van der Waals surface area contributed by atoms with Crippen molar-refractivity contribution in [1.29, 1.82) is 0 Å². The summed E-state index contributed by atoms with van der Waals surface area (Å²) in [6, 6.07) is 0. The number of hydrogen-bond donors (Lipinski definition) is 1. The molecule has 1 aliphatic heterocycles. The van der Waals surface area contributed by atoms with Crippen LogP contribution >= 0.6 is 23.5 Å². The lowest BCUT2D eigenvalue weighted by Crippen LogP contribution is -2.23. The van der Waals surface area contributed by atoms with Crippen LogP contribution < -0.4 is 5.32 Å². The van der Waals surface area contributed by atoms with Gasteiger partial charge in [-0.1, -0.05) is 27.7 Å². The summed E-state index contributed by atoms with van der Waals surface area (Å²) in [6.07, 6.45) is 0. The summed E-state index contributed by atoms with van der Waals surface area (Å²) in [6.45, 7) is 14.2. The van der Waals surface area contributed by atoms with Crippen molar-refractivity contribution in [2.24, 2.45) is 0 Å². The molecular weight excluding hydrogens is 298 g/mol. The highest BCUT2D eigenvalue weighted by Gasteiger charge is 2.29. The number of anilines is 1. The van der Waals surface area contributed by atoms with Crippen molar-refractivity contribution in [2.45, 2.75) is 63.2 Å². The van der Waals surface area contributed by atoms with E-state index in [1.807, 2.05) is 23.5 Å². The van der Waals surface area contributed by atoms with E-state index in [1.54, 1.807) is 0 Å². The summed E-state index contributed by atoms with van der Waals surface area (Å²) in [5.41, 5.74) is 2.39. The van der Waals surface area contributed by atoms with Crippen molar-refractivity contribution in [3.63, 3.8) is 0 Å². The molecule has 1 saturated heterocycles. The molecule has 5 heteroatoms. The van der Waals surface area contributed by atoms with E-state index in [2.05, 4.69) is 46.9 Å². The summed E-state index contributed by atoms with van der Waals surface area (Å²) in [5.74, 6) is 3.60. The van der Waals surface area contributed by atoms with Gasteiger partial charge in [-0.15, -0.1) is 11.8 Å². The Morgan fingerprint density at radius 1 is 1.24 bits per heavy atom. The van der Waals surface area contributed by atoms with E-state index in [-0.39, 0.29) is 0 Å². The Kier molecular flexibility index (Phi) is 5.83. The molecular formula is C16H27N3S2. The molecule has 1 aliphatic rings. The van der Waals surface area contributed by atoms with E-state index in [9.17, 15) is 0 Å². The predicted octanol–water partition coefficient (Wildman–Crippen LogP) is 4.64. The van der Waals surface area contributed by atoms with Gasteiger partial charge in [-0.3, -0.25) is 0 Å². The highest BCUT2D eigenvalue weighted by molar-refractivity contribution is 8.07. The Morgan fingerprint density at radius 3 is 2.52 bits per heavy atom. The number of aryl methyl sites for hydroxylation is 1. The van der Waals surface area contributed by atoms with Crippen LogP contribution in [0.1, 0.15) is 62.9 Å². The van der Waals surface area contributed by atoms with Crippen LogP contribution in [0.25, 0.3) is 0 Å². The van der Waals surface area contributed by atoms with Gasteiger partial charge in [0.15, 0.2) is 0 Å². The zero-order valence-electron chi connectivity index (χ0n) is 13.9. The second-order valence-corrected chi connectivity index (χ2v) is 8.98. The maximum atomic E-state index is 4.87. The lowest BCUT2D eigenvalue weighted by molar-refractivity contribution is 0.797. The molecule has 2 heterocycles. The summed E-state index contributed by atoms with van der Waals surface area (Å²) >= 11 is 4.07. The monoisotopic (exact) mass is 325 g/mol. The Bertz CT molecular complexity index is 491. The quantitative estimate of drug-likeness (QED) is 0.873. The average molecular weight is 326 g/mol. The minimum Gasteiger partial charge on any atom is -0.370 e. The summed E-state index contributed by atoms with van der Waals surface area (Å²) < 4.78 is 0. The minimum atomic E-state index is 0.415. The second kappa shape index (κ2) is 7.23.